The number of aliphatic hydroxyl groups excluding tert-OH is 1. The van der Waals surface area contributed by atoms with E-state index in [-0.39, 0.29) is 24.4 Å². The molecule has 0 aromatic heterocycles. The van der Waals surface area contributed by atoms with Crippen LogP contribution in [0.2, 0.25) is 0 Å². The Morgan fingerprint density at radius 2 is 1.61 bits per heavy atom. The van der Waals surface area contributed by atoms with E-state index in [9.17, 15) is 29.1 Å². The van der Waals surface area contributed by atoms with Crippen molar-refractivity contribution in [3.05, 3.63) is 0 Å². The highest BCUT2D eigenvalue weighted by atomic mass is 16.3. The van der Waals surface area contributed by atoms with Crippen molar-refractivity contribution in [2.24, 2.45) is 28.9 Å². The molecule has 11 heteroatoms. The predicted molar refractivity (Wildman–Crippen MR) is 143 cm³/mol. The largest absolute Gasteiger partial charge is 0.394 e. The molecule has 5 amide bonds. The number of Topliss-reactive ketones (excluding diaryl/α,β-unsaturated/α-hetero) is 1. The zero-order chi connectivity index (χ0) is 29.0. The van der Waals surface area contributed by atoms with E-state index in [4.69, 9.17) is 5.73 Å². The van der Waals surface area contributed by atoms with Crippen LogP contribution in [-0.2, 0) is 19.2 Å². The van der Waals surface area contributed by atoms with Gasteiger partial charge in [0.1, 0.15) is 12.1 Å². The lowest BCUT2D eigenvalue weighted by Crippen LogP contribution is -2.62. The number of likely N-dealkylation sites (tertiary alicyclic amines) is 1. The zero-order valence-corrected chi connectivity index (χ0v) is 23.9. The molecule has 1 saturated carbocycles. The van der Waals surface area contributed by atoms with Gasteiger partial charge in [-0.2, -0.15) is 0 Å². The SMILES string of the molecule is CC(C)[C@H]1CCN(C(=O)[C@@H](NC(=O)NC(C)(C)CO)C(C)(C)C)[C@@H]1C(=O)NC(CC1CCC1)C(=O)C(N)=O. The van der Waals surface area contributed by atoms with Gasteiger partial charge in [0.25, 0.3) is 5.91 Å². The maximum atomic E-state index is 13.9. The third-order valence-electron chi connectivity index (χ3n) is 7.76. The summed E-state index contributed by atoms with van der Waals surface area (Å²) >= 11 is 0. The molecule has 1 aliphatic heterocycles. The van der Waals surface area contributed by atoms with Crippen molar-refractivity contribution >= 4 is 29.5 Å². The van der Waals surface area contributed by atoms with Crippen LogP contribution in [0.25, 0.3) is 0 Å². The van der Waals surface area contributed by atoms with E-state index in [1.54, 1.807) is 13.8 Å². The number of nitrogens with one attached hydrogen (secondary N) is 3. The van der Waals surface area contributed by atoms with Crippen LogP contribution in [0.4, 0.5) is 4.79 Å². The van der Waals surface area contributed by atoms with E-state index < -0.39 is 58.6 Å². The Morgan fingerprint density at radius 3 is 2.05 bits per heavy atom. The van der Waals surface area contributed by atoms with Gasteiger partial charge in [-0.3, -0.25) is 19.2 Å². The number of rotatable bonds is 11. The van der Waals surface area contributed by atoms with E-state index in [2.05, 4.69) is 16.0 Å². The molecule has 0 aromatic rings. The Morgan fingerprint density at radius 1 is 1.00 bits per heavy atom. The number of aliphatic hydroxyl groups is 1. The Labute approximate surface area is 226 Å². The molecule has 0 bridgehead atoms. The Bertz CT molecular complexity index is 908. The van der Waals surface area contributed by atoms with Crippen LogP contribution < -0.4 is 21.7 Å². The highest BCUT2D eigenvalue weighted by Crippen LogP contribution is 2.34. The molecule has 38 heavy (non-hydrogen) atoms. The fraction of sp³-hybridized carbons (Fsp3) is 0.815. The second kappa shape index (κ2) is 12.4. The smallest absolute Gasteiger partial charge is 0.315 e. The summed E-state index contributed by atoms with van der Waals surface area (Å²) in [5.41, 5.74) is 3.69. The minimum atomic E-state index is -1.09. The molecule has 1 heterocycles. The average molecular weight is 538 g/mol. The quantitative estimate of drug-likeness (QED) is 0.247. The molecule has 0 radical (unpaired) electrons. The van der Waals surface area contributed by atoms with Crippen LogP contribution in [0.5, 0.6) is 0 Å². The van der Waals surface area contributed by atoms with E-state index in [0.717, 1.165) is 19.3 Å². The number of nitrogens with two attached hydrogens (primary N) is 1. The summed E-state index contributed by atoms with van der Waals surface area (Å²) in [6, 6.07) is -3.46. The van der Waals surface area contributed by atoms with Gasteiger partial charge in [0, 0.05) is 6.54 Å². The van der Waals surface area contributed by atoms with E-state index in [1.165, 1.54) is 4.90 Å². The van der Waals surface area contributed by atoms with Crippen molar-refractivity contribution < 1.29 is 29.1 Å². The van der Waals surface area contributed by atoms with Gasteiger partial charge in [-0.25, -0.2) is 4.79 Å². The van der Waals surface area contributed by atoms with Crippen LogP contribution in [0.3, 0.4) is 0 Å². The fourth-order valence-electron chi connectivity index (χ4n) is 5.15. The molecule has 2 rings (SSSR count). The van der Waals surface area contributed by atoms with Gasteiger partial charge in [0.15, 0.2) is 0 Å². The maximum absolute atomic E-state index is 13.9. The minimum Gasteiger partial charge on any atom is -0.394 e. The summed E-state index contributed by atoms with van der Waals surface area (Å²) in [4.78, 5) is 66.1. The lowest BCUT2D eigenvalue weighted by Gasteiger charge is -2.38. The van der Waals surface area contributed by atoms with Crippen LogP contribution in [0.15, 0.2) is 0 Å². The number of hydrogen-bond acceptors (Lipinski definition) is 6. The first-order chi connectivity index (χ1) is 17.5. The Balaban J connectivity index is 2.31. The third-order valence-corrected chi connectivity index (χ3v) is 7.76. The molecule has 1 saturated heterocycles. The van der Waals surface area contributed by atoms with Gasteiger partial charge in [-0.15, -0.1) is 0 Å². The predicted octanol–water partition coefficient (Wildman–Crippen LogP) is 1.07. The lowest BCUT2D eigenvalue weighted by atomic mass is 9.80. The molecule has 0 spiro atoms. The molecule has 2 aliphatic rings. The summed E-state index contributed by atoms with van der Waals surface area (Å²) in [5, 5.41) is 17.7. The van der Waals surface area contributed by atoms with Gasteiger partial charge in [0.05, 0.1) is 18.2 Å². The molecule has 6 N–H and O–H groups in total. The first-order valence-electron chi connectivity index (χ1n) is 13.6. The van der Waals surface area contributed by atoms with Crippen molar-refractivity contribution in [3.63, 3.8) is 0 Å². The molecule has 0 aromatic carbocycles. The Kier molecular flexibility index (Phi) is 10.3. The summed E-state index contributed by atoms with van der Waals surface area (Å²) in [7, 11) is 0. The van der Waals surface area contributed by atoms with E-state index >= 15 is 0 Å². The number of carbonyl (C=O) groups is 5. The first kappa shape index (κ1) is 31.5. The molecular weight excluding hydrogens is 490 g/mol. The summed E-state index contributed by atoms with van der Waals surface area (Å²) in [5.74, 6) is -2.70. The molecule has 216 valence electrons. The summed E-state index contributed by atoms with van der Waals surface area (Å²) in [6.45, 7) is 12.7. The molecule has 2 fully saturated rings. The first-order valence-corrected chi connectivity index (χ1v) is 13.6. The van der Waals surface area contributed by atoms with Gasteiger partial charge < -0.3 is 31.7 Å². The average Bonchev–Trinajstić information content (AvgIpc) is 3.22. The van der Waals surface area contributed by atoms with Gasteiger partial charge >= 0.3 is 6.03 Å². The van der Waals surface area contributed by atoms with Crippen LogP contribution >= 0.6 is 0 Å². The standard InChI is InChI=1S/C27H47N5O6/c1-15(2)17-11-12-32(24(37)21(26(3,4)5)30-25(38)31-27(6,7)14-33)19(17)23(36)29-18(20(34)22(28)35)13-16-9-8-10-16/h15-19,21,33H,8-14H2,1-7H3,(H2,28,35)(H,29,36)(H2,30,31,38)/t17-,18?,19+,21-/m1/s1. The van der Waals surface area contributed by atoms with Gasteiger partial charge in [0.2, 0.25) is 17.6 Å². The Hall–Kier alpha value is -2.69. The number of hydrogen-bond donors (Lipinski definition) is 5. The zero-order valence-electron chi connectivity index (χ0n) is 23.9. The van der Waals surface area contributed by atoms with Crippen molar-refractivity contribution in [1.29, 1.82) is 0 Å². The summed E-state index contributed by atoms with van der Waals surface area (Å²) in [6.07, 6.45) is 3.82. The van der Waals surface area contributed by atoms with Crippen molar-refractivity contribution in [1.82, 2.24) is 20.9 Å². The van der Waals surface area contributed by atoms with E-state index in [1.807, 2.05) is 34.6 Å². The number of primary amides is 1. The van der Waals surface area contributed by atoms with Crippen LogP contribution in [0.1, 0.15) is 80.6 Å². The molecule has 1 unspecified atom stereocenters. The highest BCUT2D eigenvalue weighted by molar-refractivity contribution is 6.37. The number of ketones is 1. The number of nitrogens with zero attached hydrogens (tertiary/aromatic N) is 1. The topological polar surface area (TPSA) is 171 Å². The fourth-order valence-corrected chi connectivity index (χ4v) is 5.15. The minimum absolute atomic E-state index is 0.0650. The molecule has 1 aliphatic carbocycles. The van der Waals surface area contributed by atoms with Gasteiger partial charge in [-0.1, -0.05) is 53.9 Å². The second-order valence-corrected chi connectivity index (χ2v) is 12.9. The van der Waals surface area contributed by atoms with Crippen LogP contribution in [-0.4, -0.2) is 76.4 Å². The van der Waals surface area contributed by atoms with Crippen LogP contribution in [0, 0.1) is 23.2 Å². The molecule has 11 nitrogen and oxygen atoms in total. The van der Waals surface area contributed by atoms with E-state index in [0.29, 0.717) is 19.4 Å². The number of urea groups is 1. The summed E-state index contributed by atoms with van der Waals surface area (Å²) < 4.78 is 0. The highest BCUT2D eigenvalue weighted by Gasteiger charge is 2.48. The monoisotopic (exact) mass is 537 g/mol. The normalized spacial score (nSPS) is 21.9. The van der Waals surface area contributed by atoms with Gasteiger partial charge in [-0.05, 0) is 49.9 Å². The second-order valence-electron chi connectivity index (χ2n) is 12.9. The van der Waals surface area contributed by atoms with Crippen molar-refractivity contribution in [2.45, 2.75) is 104 Å². The maximum Gasteiger partial charge on any atom is 0.315 e. The molecular formula is C27H47N5O6. The van der Waals surface area contributed by atoms with Crippen molar-refractivity contribution in [2.75, 3.05) is 13.2 Å². The number of carbonyl (C=O) groups excluding carboxylic acids is 5. The van der Waals surface area contributed by atoms with Crippen molar-refractivity contribution in [3.8, 4) is 0 Å². The molecule has 4 atom stereocenters. The lowest BCUT2D eigenvalue weighted by molar-refractivity contribution is -0.144. The third kappa shape index (κ3) is 7.91. The number of amides is 5.